The number of carboxylic acids is 1. The Balaban J connectivity index is 2.22. The summed E-state index contributed by atoms with van der Waals surface area (Å²) in [5, 5.41) is 10.6. The summed E-state index contributed by atoms with van der Waals surface area (Å²) >= 11 is 0. The summed E-state index contributed by atoms with van der Waals surface area (Å²) in [5.41, 5.74) is 0. The topological polar surface area (TPSA) is 69.6 Å². The van der Waals surface area contributed by atoms with E-state index in [2.05, 4.69) is 5.32 Å². The lowest BCUT2D eigenvalue weighted by atomic mass is 10.0. The maximum absolute atomic E-state index is 11.9. The maximum atomic E-state index is 11.9. The number of rotatable bonds is 6. The Morgan fingerprint density at radius 2 is 2.05 bits per heavy atom. The molecule has 1 saturated heterocycles. The van der Waals surface area contributed by atoms with Crippen LogP contribution in [0, 0.1) is 5.92 Å². The van der Waals surface area contributed by atoms with Gasteiger partial charge in [-0.1, -0.05) is 0 Å². The molecule has 2 N–H and O–H groups in total. The van der Waals surface area contributed by atoms with Gasteiger partial charge in [0.1, 0.15) is 0 Å². The standard InChI is InChI=1S/C11H17F3N2O3/c12-11(13,14)7-15-5-9(17)16-4-3-8(6-16)1-2-10(18)19/h8,15H,1-7H2,(H,18,19). The second-order valence-corrected chi connectivity index (χ2v) is 4.65. The molecule has 0 radical (unpaired) electrons. The number of halogens is 3. The van der Waals surface area contributed by atoms with Gasteiger partial charge in [0.25, 0.3) is 0 Å². The van der Waals surface area contributed by atoms with E-state index in [0.717, 1.165) is 0 Å². The molecule has 1 fully saturated rings. The van der Waals surface area contributed by atoms with Crippen LogP contribution in [0.15, 0.2) is 0 Å². The lowest BCUT2D eigenvalue weighted by molar-refractivity contribution is -0.137. The average molecular weight is 282 g/mol. The number of likely N-dealkylation sites (tertiary alicyclic amines) is 1. The Morgan fingerprint density at radius 3 is 2.63 bits per heavy atom. The fourth-order valence-electron chi connectivity index (χ4n) is 2.05. The fraction of sp³-hybridized carbons (Fsp3) is 0.818. The third-order valence-corrected chi connectivity index (χ3v) is 3.01. The Labute approximate surface area is 108 Å². The molecule has 1 aliphatic heterocycles. The van der Waals surface area contributed by atoms with Gasteiger partial charge in [-0.05, 0) is 18.8 Å². The van der Waals surface area contributed by atoms with E-state index in [1.807, 2.05) is 0 Å². The number of nitrogens with zero attached hydrogens (tertiary/aromatic N) is 1. The first kappa shape index (κ1) is 15.7. The van der Waals surface area contributed by atoms with Crippen LogP contribution in [0.25, 0.3) is 0 Å². The third-order valence-electron chi connectivity index (χ3n) is 3.01. The summed E-state index contributed by atoms with van der Waals surface area (Å²) in [6.07, 6.45) is -3.07. The smallest absolute Gasteiger partial charge is 0.401 e. The second-order valence-electron chi connectivity index (χ2n) is 4.65. The number of carbonyl (C=O) groups excluding carboxylic acids is 1. The predicted molar refractivity (Wildman–Crippen MR) is 60.5 cm³/mol. The van der Waals surface area contributed by atoms with Gasteiger partial charge >= 0.3 is 12.1 Å². The van der Waals surface area contributed by atoms with E-state index in [9.17, 15) is 22.8 Å². The lowest BCUT2D eigenvalue weighted by Crippen LogP contribution is -2.40. The van der Waals surface area contributed by atoms with Gasteiger partial charge in [-0.25, -0.2) is 0 Å². The average Bonchev–Trinajstić information content (AvgIpc) is 2.73. The van der Waals surface area contributed by atoms with E-state index in [-0.39, 0.29) is 24.8 Å². The quantitative estimate of drug-likeness (QED) is 0.758. The Hall–Kier alpha value is -1.31. The summed E-state index contributed by atoms with van der Waals surface area (Å²) in [6.45, 7) is -0.614. The molecule has 0 aromatic heterocycles. The Kier molecular flexibility index (Phi) is 5.59. The van der Waals surface area contributed by atoms with Gasteiger partial charge in [0.15, 0.2) is 0 Å². The maximum Gasteiger partial charge on any atom is 0.401 e. The van der Waals surface area contributed by atoms with E-state index in [1.165, 1.54) is 4.90 Å². The summed E-state index contributed by atoms with van der Waals surface area (Å²) in [6, 6.07) is 0. The highest BCUT2D eigenvalue weighted by Gasteiger charge is 2.29. The number of alkyl halides is 3. The highest BCUT2D eigenvalue weighted by molar-refractivity contribution is 5.78. The van der Waals surface area contributed by atoms with Crippen LogP contribution in [0.3, 0.4) is 0 Å². The number of hydrogen-bond acceptors (Lipinski definition) is 3. The van der Waals surface area contributed by atoms with E-state index < -0.39 is 18.7 Å². The van der Waals surface area contributed by atoms with Crippen molar-refractivity contribution in [2.75, 3.05) is 26.2 Å². The van der Waals surface area contributed by atoms with Crippen molar-refractivity contribution >= 4 is 11.9 Å². The first-order valence-electron chi connectivity index (χ1n) is 6.05. The number of nitrogens with one attached hydrogen (secondary N) is 1. The largest absolute Gasteiger partial charge is 0.481 e. The Bertz CT molecular complexity index is 334. The van der Waals surface area contributed by atoms with Crippen LogP contribution in [0.1, 0.15) is 19.3 Å². The van der Waals surface area contributed by atoms with E-state index >= 15 is 0 Å². The minimum atomic E-state index is -4.32. The molecule has 1 heterocycles. The molecule has 1 amide bonds. The second kappa shape index (κ2) is 6.74. The monoisotopic (exact) mass is 282 g/mol. The molecule has 1 atom stereocenters. The van der Waals surface area contributed by atoms with Crippen LogP contribution >= 0.6 is 0 Å². The summed E-state index contributed by atoms with van der Waals surface area (Å²) in [5.74, 6) is -1.12. The van der Waals surface area contributed by atoms with Gasteiger partial charge in [0.05, 0.1) is 13.1 Å². The van der Waals surface area contributed by atoms with Crippen LogP contribution in [-0.4, -0.2) is 54.2 Å². The van der Waals surface area contributed by atoms with Gasteiger partial charge in [-0.3, -0.25) is 9.59 Å². The zero-order chi connectivity index (χ0) is 14.5. The van der Waals surface area contributed by atoms with Gasteiger partial charge < -0.3 is 15.3 Å². The molecule has 1 unspecified atom stereocenters. The van der Waals surface area contributed by atoms with Gasteiger partial charge in [-0.2, -0.15) is 13.2 Å². The first-order chi connectivity index (χ1) is 8.78. The van der Waals surface area contributed by atoms with Crippen LogP contribution in [-0.2, 0) is 9.59 Å². The molecule has 19 heavy (non-hydrogen) atoms. The number of carboxylic acid groups (broad SMARTS) is 1. The number of amides is 1. The van der Waals surface area contributed by atoms with Crippen molar-refractivity contribution in [1.29, 1.82) is 0 Å². The van der Waals surface area contributed by atoms with Gasteiger partial charge in [-0.15, -0.1) is 0 Å². The summed E-state index contributed by atoms with van der Waals surface area (Å²) in [4.78, 5) is 23.5. The van der Waals surface area contributed by atoms with E-state index in [1.54, 1.807) is 0 Å². The third kappa shape index (κ3) is 6.42. The van der Waals surface area contributed by atoms with E-state index in [0.29, 0.717) is 25.9 Å². The minimum Gasteiger partial charge on any atom is -0.481 e. The molecule has 110 valence electrons. The van der Waals surface area contributed by atoms with Crippen LogP contribution < -0.4 is 5.32 Å². The SMILES string of the molecule is O=C(O)CCC1CCN(C(=O)CNCC(F)(F)F)C1. The molecule has 0 aromatic rings. The van der Waals surface area contributed by atoms with Crippen molar-refractivity contribution in [2.45, 2.75) is 25.4 Å². The molecule has 5 nitrogen and oxygen atoms in total. The zero-order valence-electron chi connectivity index (χ0n) is 10.4. The van der Waals surface area contributed by atoms with Crippen molar-refractivity contribution in [3.05, 3.63) is 0 Å². The lowest BCUT2D eigenvalue weighted by Gasteiger charge is -2.17. The normalized spacial score (nSPS) is 19.7. The highest BCUT2D eigenvalue weighted by Crippen LogP contribution is 2.21. The van der Waals surface area contributed by atoms with Crippen molar-refractivity contribution in [2.24, 2.45) is 5.92 Å². The van der Waals surface area contributed by atoms with Crippen molar-refractivity contribution in [3.8, 4) is 0 Å². The summed E-state index contributed by atoms with van der Waals surface area (Å²) < 4.78 is 35.6. The van der Waals surface area contributed by atoms with Crippen molar-refractivity contribution in [3.63, 3.8) is 0 Å². The molecule has 1 aliphatic rings. The summed E-state index contributed by atoms with van der Waals surface area (Å²) in [7, 11) is 0. The van der Waals surface area contributed by atoms with Crippen molar-refractivity contribution in [1.82, 2.24) is 10.2 Å². The number of hydrogen-bond donors (Lipinski definition) is 2. The predicted octanol–water partition coefficient (Wildman–Crippen LogP) is 0.852. The number of carbonyl (C=O) groups is 2. The Morgan fingerprint density at radius 1 is 1.37 bits per heavy atom. The van der Waals surface area contributed by atoms with Crippen molar-refractivity contribution < 1.29 is 27.9 Å². The molecule has 0 aromatic carbocycles. The van der Waals surface area contributed by atoms with E-state index in [4.69, 9.17) is 5.11 Å². The molecular formula is C11H17F3N2O3. The molecule has 0 aliphatic carbocycles. The van der Waals surface area contributed by atoms with Gasteiger partial charge in [0, 0.05) is 19.5 Å². The number of aliphatic carboxylic acids is 1. The fourth-order valence-corrected chi connectivity index (χ4v) is 2.05. The molecule has 1 rings (SSSR count). The van der Waals surface area contributed by atoms with Crippen LogP contribution in [0.2, 0.25) is 0 Å². The van der Waals surface area contributed by atoms with Gasteiger partial charge in [0.2, 0.25) is 5.91 Å². The molecule has 8 heteroatoms. The molecular weight excluding hydrogens is 265 g/mol. The van der Waals surface area contributed by atoms with Crippen LogP contribution in [0.5, 0.6) is 0 Å². The molecule has 0 saturated carbocycles. The zero-order valence-corrected chi connectivity index (χ0v) is 10.4. The first-order valence-corrected chi connectivity index (χ1v) is 6.05. The highest BCUT2D eigenvalue weighted by atomic mass is 19.4. The molecule has 0 spiro atoms. The minimum absolute atomic E-state index is 0.0546. The van der Waals surface area contributed by atoms with Crippen LogP contribution in [0.4, 0.5) is 13.2 Å². The molecule has 0 bridgehead atoms.